The Morgan fingerprint density at radius 1 is 0.828 bits per heavy atom. The minimum absolute atomic E-state index is 0.649. The molecule has 144 valence electrons. The Hall–Kier alpha value is -3.45. The molecule has 7 heteroatoms. The van der Waals surface area contributed by atoms with Crippen molar-refractivity contribution < 1.29 is 9.47 Å². The van der Waals surface area contributed by atoms with Crippen LogP contribution in [-0.2, 0) is 0 Å². The normalized spacial score (nSPS) is 12.8. The van der Waals surface area contributed by atoms with Crippen molar-refractivity contribution in [1.29, 1.82) is 0 Å². The highest BCUT2D eigenvalue weighted by Crippen LogP contribution is 2.35. The van der Waals surface area contributed by atoms with Crippen molar-refractivity contribution in [3.05, 3.63) is 71.6 Å². The lowest BCUT2D eigenvalue weighted by Crippen LogP contribution is -2.18. The molecular weight excluding hydrogens is 384 g/mol. The second-order valence-corrected chi connectivity index (χ2v) is 7.37. The van der Waals surface area contributed by atoms with Gasteiger partial charge in [0.2, 0.25) is 5.16 Å². The molecule has 0 fully saturated rings. The van der Waals surface area contributed by atoms with Crippen LogP contribution in [0.25, 0.3) is 27.9 Å². The molecule has 6 nitrogen and oxygen atoms in total. The molecule has 0 atom stereocenters. The number of thioether (sulfide) groups is 1. The minimum atomic E-state index is 0.649. The first kappa shape index (κ1) is 17.6. The first-order valence-electron chi connectivity index (χ1n) is 9.07. The number of nitrogens with zero attached hydrogens (tertiary/aromatic N) is 3. The third-order valence-corrected chi connectivity index (χ3v) is 5.68. The molecule has 0 aliphatic carbocycles. The van der Waals surface area contributed by atoms with Crippen molar-refractivity contribution in [1.82, 2.24) is 14.9 Å². The summed E-state index contributed by atoms with van der Waals surface area (Å²) in [6.45, 7) is 0. The fraction of sp³-hybridized carbons (Fsp3) is 0.0909. The molecule has 5 rings (SSSR count). The van der Waals surface area contributed by atoms with E-state index in [-0.39, 0.29) is 0 Å². The van der Waals surface area contributed by atoms with Gasteiger partial charge in [-0.3, -0.25) is 5.43 Å². The third-order valence-electron chi connectivity index (χ3n) is 4.85. The molecule has 0 saturated heterocycles. The zero-order valence-corrected chi connectivity index (χ0v) is 16.7. The van der Waals surface area contributed by atoms with Gasteiger partial charge in [-0.25, -0.2) is 4.68 Å². The van der Waals surface area contributed by atoms with Crippen LogP contribution >= 0.6 is 11.8 Å². The van der Waals surface area contributed by atoms with Gasteiger partial charge in [0.25, 0.3) is 0 Å². The van der Waals surface area contributed by atoms with Crippen LogP contribution in [0.15, 0.2) is 71.2 Å². The van der Waals surface area contributed by atoms with Gasteiger partial charge in [-0.1, -0.05) is 48.2 Å². The van der Waals surface area contributed by atoms with E-state index in [0.717, 1.165) is 22.0 Å². The summed E-state index contributed by atoms with van der Waals surface area (Å²) in [5.41, 5.74) is 6.44. The van der Waals surface area contributed by atoms with Crippen molar-refractivity contribution in [2.45, 2.75) is 5.16 Å². The number of benzene rings is 3. The molecule has 29 heavy (non-hydrogen) atoms. The van der Waals surface area contributed by atoms with E-state index in [2.05, 4.69) is 63.5 Å². The van der Waals surface area contributed by atoms with Crippen molar-refractivity contribution in [2.24, 2.45) is 0 Å². The fourth-order valence-corrected chi connectivity index (χ4v) is 4.09. The summed E-state index contributed by atoms with van der Waals surface area (Å²) in [6, 6.07) is 20.5. The predicted molar refractivity (Wildman–Crippen MR) is 116 cm³/mol. The number of methoxy groups -OCH3 is 2. The molecule has 1 aliphatic heterocycles. The number of hydrogen-bond donors (Lipinski definition) is 1. The average molecular weight is 402 g/mol. The van der Waals surface area contributed by atoms with Crippen LogP contribution in [-0.4, -0.2) is 29.1 Å². The quantitative estimate of drug-likeness (QED) is 0.531. The van der Waals surface area contributed by atoms with Gasteiger partial charge in [-0.15, -0.1) is 10.2 Å². The topological polar surface area (TPSA) is 61.2 Å². The van der Waals surface area contributed by atoms with Crippen LogP contribution in [0.1, 0.15) is 5.56 Å². The highest BCUT2D eigenvalue weighted by Gasteiger charge is 2.20. The molecule has 1 N–H and O–H groups in total. The molecule has 0 spiro atoms. The van der Waals surface area contributed by atoms with Gasteiger partial charge in [-0.2, -0.15) is 0 Å². The lowest BCUT2D eigenvalue weighted by molar-refractivity contribution is 0.355. The van der Waals surface area contributed by atoms with Crippen molar-refractivity contribution in [2.75, 3.05) is 19.6 Å². The smallest absolute Gasteiger partial charge is 0.214 e. The van der Waals surface area contributed by atoms with Gasteiger partial charge < -0.3 is 9.47 Å². The monoisotopic (exact) mass is 402 g/mol. The van der Waals surface area contributed by atoms with Gasteiger partial charge in [-0.05, 0) is 35.0 Å². The van der Waals surface area contributed by atoms with Crippen LogP contribution in [0.3, 0.4) is 0 Å². The van der Waals surface area contributed by atoms with Crippen LogP contribution < -0.4 is 14.9 Å². The molecular formula is C22H18N4O2S. The Morgan fingerprint density at radius 3 is 2.45 bits per heavy atom. The molecule has 4 aromatic rings. The molecule has 2 heterocycles. The molecule has 3 aromatic carbocycles. The SMILES string of the molecule is COc1ccc(-c2nnc3n2NC(c2ccc4ccccc4c2)=CS3)cc1OC. The van der Waals surface area contributed by atoms with Gasteiger partial charge in [0.05, 0.1) is 19.9 Å². The summed E-state index contributed by atoms with van der Waals surface area (Å²) >= 11 is 1.54. The van der Waals surface area contributed by atoms with E-state index in [1.165, 1.54) is 22.5 Å². The highest BCUT2D eigenvalue weighted by atomic mass is 32.2. The molecule has 0 saturated carbocycles. The lowest BCUT2D eigenvalue weighted by atomic mass is 10.1. The van der Waals surface area contributed by atoms with Crippen LogP contribution in [0.4, 0.5) is 0 Å². The Morgan fingerprint density at radius 2 is 1.62 bits per heavy atom. The van der Waals surface area contributed by atoms with E-state index in [0.29, 0.717) is 17.3 Å². The maximum atomic E-state index is 5.43. The zero-order valence-electron chi connectivity index (χ0n) is 15.9. The number of aromatic nitrogens is 3. The van der Waals surface area contributed by atoms with Crippen molar-refractivity contribution in [3.63, 3.8) is 0 Å². The first-order valence-corrected chi connectivity index (χ1v) is 9.95. The summed E-state index contributed by atoms with van der Waals surface area (Å²) in [5, 5.41) is 13.9. The lowest BCUT2D eigenvalue weighted by Gasteiger charge is -2.19. The van der Waals surface area contributed by atoms with E-state index < -0.39 is 0 Å². The average Bonchev–Trinajstić information content (AvgIpc) is 3.21. The second kappa shape index (κ2) is 7.18. The van der Waals surface area contributed by atoms with Gasteiger partial charge in [0.1, 0.15) is 0 Å². The van der Waals surface area contributed by atoms with E-state index in [9.17, 15) is 0 Å². The maximum absolute atomic E-state index is 5.43. The van der Waals surface area contributed by atoms with E-state index >= 15 is 0 Å². The van der Waals surface area contributed by atoms with Gasteiger partial charge in [0, 0.05) is 16.5 Å². The number of rotatable bonds is 4. The number of fused-ring (bicyclic) bond motifs is 2. The number of hydrogen-bond acceptors (Lipinski definition) is 6. The van der Waals surface area contributed by atoms with E-state index in [1.807, 2.05) is 22.9 Å². The largest absolute Gasteiger partial charge is 0.493 e. The molecule has 0 unspecified atom stereocenters. The summed E-state index contributed by atoms with van der Waals surface area (Å²) in [5.74, 6) is 2.03. The Labute approximate surface area is 172 Å². The first-order chi connectivity index (χ1) is 14.3. The van der Waals surface area contributed by atoms with Gasteiger partial charge >= 0.3 is 0 Å². The standard InChI is InChI=1S/C22H18N4O2S/c1-27-19-10-9-17(12-20(19)28-2)21-23-24-22-26(21)25-18(13-29-22)16-8-7-14-5-3-4-6-15(14)11-16/h3-13,25H,1-2H3. The second-order valence-electron chi connectivity index (χ2n) is 6.53. The molecule has 0 radical (unpaired) electrons. The summed E-state index contributed by atoms with van der Waals surface area (Å²) in [4.78, 5) is 0. The minimum Gasteiger partial charge on any atom is -0.493 e. The van der Waals surface area contributed by atoms with Crippen LogP contribution in [0.2, 0.25) is 0 Å². The van der Waals surface area contributed by atoms with Crippen LogP contribution in [0, 0.1) is 0 Å². The Bertz CT molecular complexity index is 1250. The van der Waals surface area contributed by atoms with E-state index in [1.54, 1.807) is 14.2 Å². The predicted octanol–water partition coefficient (Wildman–Crippen LogP) is 4.76. The number of ether oxygens (including phenoxy) is 2. The van der Waals surface area contributed by atoms with Crippen molar-refractivity contribution in [3.8, 4) is 22.9 Å². The summed E-state index contributed by atoms with van der Waals surface area (Å²) in [7, 11) is 3.24. The molecule has 0 bridgehead atoms. The van der Waals surface area contributed by atoms with E-state index in [4.69, 9.17) is 9.47 Å². The Balaban J connectivity index is 1.51. The third kappa shape index (κ3) is 3.09. The number of nitrogens with one attached hydrogen (secondary N) is 1. The summed E-state index contributed by atoms with van der Waals surface area (Å²) in [6.07, 6.45) is 0. The fourth-order valence-electron chi connectivity index (χ4n) is 3.36. The molecule has 1 aromatic heterocycles. The van der Waals surface area contributed by atoms with Crippen molar-refractivity contribution >= 4 is 28.2 Å². The maximum Gasteiger partial charge on any atom is 0.214 e. The summed E-state index contributed by atoms with van der Waals surface area (Å²) < 4.78 is 12.7. The van der Waals surface area contributed by atoms with Crippen LogP contribution in [0.5, 0.6) is 11.5 Å². The molecule has 1 aliphatic rings. The van der Waals surface area contributed by atoms with Gasteiger partial charge in [0.15, 0.2) is 17.3 Å². The molecule has 0 amide bonds. The Kier molecular flexibility index (Phi) is 4.37. The highest BCUT2D eigenvalue weighted by molar-refractivity contribution is 8.02. The zero-order chi connectivity index (χ0) is 19.8.